The fourth-order valence-corrected chi connectivity index (χ4v) is 6.12. The van der Waals surface area contributed by atoms with Crippen molar-refractivity contribution >= 4 is 27.5 Å². The molecule has 0 aliphatic rings. The molecule has 0 aliphatic heterocycles. The third kappa shape index (κ3) is 7.38. The van der Waals surface area contributed by atoms with Crippen molar-refractivity contribution in [1.29, 1.82) is 0 Å². The van der Waals surface area contributed by atoms with E-state index in [9.17, 15) is 18.0 Å². The number of hydrogen-bond acceptors (Lipinski definition) is 6. The van der Waals surface area contributed by atoms with Crippen LogP contribution in [-0.4, -0.2) is 59.0 Å². The molecule has 0 bridgehead atoms. The van der Waals surface area contributed by atoms with Gasteiger partial charge in [-0.15, -0.1) is 0 Å². The lowest BCUT2D eigenvalue weighted by Gasteiger charge is -2.33. The number of likely N-dealkylation sites (N-methyl/N-ethyl adjacent to an activating group) is 1. The van der Waals surface area contributed by atoms with Gasteiger partial charge in [0.15, 0.2) is 11.5 Å². The van der Waals surface area contributed by atoms with Gasteiger partial charge < -0.3 is 19.7 Å². The number of hydrogen-bond donors (Lipinski definition) is 1. The first-order chi connectivity index (χ1) is 19.4. The summed E-state index contributed by atoms with van der Waals surface area (Å²) in [7, 11) is 0.143. The van der Waals surface area contributed by atoms with E-state index >= 15 is 0 Å². The first kappa shape index (κ1) is 31.5. The highest BCUT2D eigenvalue weighted by Crippen LogP contribution is 2.33. The predicted molar refractivity (Wildman–Crippen MR) is 160 cm³/mol. The van der Waals surface area contributed by atoms with Crippen LogP contribution in [0.15, 0.2) is 65.6 Å². The average molecular weight is 582 g/mol. The molecule has 0 spiro atoms. The van der Waals surface area contributed by atoms with Crippen molar-refractivity contribution in [2.75, 3.05) is 32.1 Å². The SMILES string of the molecule is CC[C@H](C(=O)NC)N(Cc1ccc(C)cc1)C(=O)CN(c1cc(C)cc(C)c1)S(=O)(=O)c1ccc(OC)c(OC)c1. The van der Waals surface area contributed by atoms with Crippen LogP contribution in [-0.2, 0) is 26.2 Å². The number of carbonyl (C=O) groups is 2. The van der Waals surface area contributed by atoms with E-state index in [0.29, 0.717) is 17.9 Å². The second-order valence-corrected chi connectivity index (χ2v) is 11.8. The van der Waals surface area contributed by atoms with Crippen molar-refractivity contribution in [1.82, 2.24) is 10.2 Å². The van der Waals surface area contributed by atoms with Gasteiger partial charge in [-0.3, -0.25) is 13.9 Å². The molecule has 3 aromatic carbocycles. The Morgan fingerprint density at radius 2 is 1.46 bits per heavy atom. The van der Waals surface area contributed by atoms with Crippen molar-refractivity contribution in [3.05, 3.63) is 82.9 Å². The molecule has 41 heavy (non-hydrogen) atoms. The molecule has 2 amide bonds. The maximum Gasteiger partial charge on any atom is 0.264 e. The number of nitrogens with zero attached hydrogens (tertiary/aromatic N) is 2. The lowest BCUT2D eigenvalue weighted by molar-refractivity contribution is -0.140. The molecule has 0 heterocycles. The number of carbonyl (C=O) groups excluding carboxylic acids is 2. The summed E-state index contributed by atoms with van der Waals surface area (Å²) in [5.74, 6) is -0.217. The minimum absolute atomic E-state index is 0.0643. The highest BCUT2D eigenvalue weighted by Gasteiger charge is 2.34. The molecule has 0 saturated carbocycles. The quantitative estimate of drug-likeness (QED) is 0.341. The van der Waals surface area contributed by atoms with E-state index in [0.717, 1.165) is 26.6 Å². The highest BCUT2D eigenvalue weighted by molar-refractivity contribution is 7.92. The number of rotatable bonds is 12. The zero-order chi connectivity index (χ0) is 30.3. The van der Waals surface area contributed by atoms with E-state index < -0.39 is 28.5 Å². The lowest BCUT2D eigenvalue weighted by Crippen LogP contribution is -2.51. The lowest BCUT2D eigenvalue weighted by atomic mass is 10.1. The number of methoxy groups -OCH3 is 2. The molecule has 0 aliphatic carbocycles. The second-order valence-electron chi connectivity index (χ2n) is 9.92. The number of amides is 2. The van der Waals surface area contributed by atoms with Gasteiger partial charge in [0.2, 0.25) is 11.8 Å². The molecule has 0 unspecified atom stereocenters. The van der Waals surface area contributed by atoms with Gasteiger partial charge in [0.25, 0.3) is 10.0 Å². The molecule has 1 atom stereocenters. The summed E-state index contributed by atoms with van der Waals surface area (Å²) in [6.07, 6.45) is 0.350. The number of aryl methyl sites for hydroxylation is 3. The zero-order valence-electron chi connectivity index (χ0n) is 24.7. The van der Waals surface area contributed by atoms with E-state index in [-0.39, 0.29) is 23.1 Å². The summed E-state index contributed by atoms with van der Waals surface area (Å²) in [5, 5.41) is 2.64. The molecule has 10 heteroatoms. The number of anilines is 1. The molecule has 0 radical (unpaired) electrons. The first-order valence-corrected chi connectivity index (χ1v) is 14.8. The summed E-state index contributed by atoms with van der Waals surface area (Å²) in [5.41, 5.74) is 3.91. The fraction of sp³-hybridized carbons (Fsp3) is 0.355. The van der Waals surface area contributed by atoms with Crippen LogP contribution in [0.1, 0.15) is 35.6 Å². The summed E-state index contributed by atoms with van der Waals surface area (Å²) >= 11 is 0. The van der Waals surface area contributed by atoms with Gasteiger partial charge in [-0.25, -0.2) is 8.42 Å². The van der Waals surface area contributed by atoms with Crippen molar-refractivity contribution < 1.29 is 27.5 Å². The van der Waals surface area contributed by atoms with Crippen molar-refractivity contribution in [3.8, 4) is 11.5 Å². The number of benzene rings is 3. The fourth-order valence-electron chi connectivity index (χ4n) is 4.70. The molecule has 1 N–H and O–H groups in total. The van der Waals surface area contributed by atoms with Crippen LogP contribution in [0.4, 0.5) is 5.69 Å². The van der Waals surface area contributed by atoms with Crippen LogP contribution in [0.2, 0.25) is 0 Å². The highest BCUT2D eigenvalue weighted by atomic mass is 32.2. The van der Waals surface area contributed by atoms with Crippen LogP contribution in [0.5, 0.6) is 11.5 Å². The summed E-state index contributed by atoms with van der Waals surface area (Å²) in [6.45, 7) is 7.13. The Hall–Kier alpha value is -4.05. The van der Waals surface area contributed by atoms with E-state index in [1.165, 1.54) is 44.4 Å². The first-order valence-electron chi connectivity index (χ1n) is 13.3. The molecular formula is C31H39N3O6S. The number of sulfonamides is 1. The topological polar surface area (TPSA) is 105 Å². The number of nitrogens with one attached hydrogen (secondary N) is 1. The Kier molecular flexibility index (Phi) is 10.4. The van der Waals surface area contributed by atoms with Crippen molar-refractivity contribution in [2.24, 2.45) is 0 Å². The molecule has 9 nitrogen and oxygen atoms in total. The van der Waals surface area contributed by atoms with Gasteiger partial charge in [0.1, 0.15) is 12.6 Å². The second kappa shape index (κ2) is 13.5. The Morgan fingerprint density at radius 1 is 0.854 bits per heavy atom. The molecule has 220 valence electrons. The molecule has 3 rings (SSSR count). The molecule has 0 fully saturated rings. The average Bonchev–Trinajstić information content (AvgIpc) is 2.95. The van der Waals surface area contributed by atoms with Crippen LogP contribution < -0.4 is 19.1 Å². The third-order valence-electron chi connectivity index (χ3n) is 6.82. The van der Waals surface area contributed by atoms with E-state index in [1.807, 2.05) is 58.0 Å². The van der Waals surface area contributed by atoms with Gasteiger partial charge in [-0.05, 0) is 68.1 Å². The third-order valence-corrected chi connectivity index (χ3v) is 8.59. The molecule has 3 aromatic rings. The predicted octanol–water partition coefficient (Wildman–Crippen LogP) is 4.38. The van der Waals surface area contributed by atoms with Gasteiger partial charge in [-0.2, -0.15) is 0 Å². The molecule has 0 aromatic heterocycles. The zero-order valence-corrected chi connectivity index (χ0v) is 25.5. The van der Waals surface area contributed by atoms with Gasteiger partial charge in [0.05, 0.1) is 24.8 Å². The van der Waals surface area contributed by atoms with Crippen LogP contribution in [0.3, 0.4) is 0 Å². The van der Waals surface area contributed by atoms with Crippen molar-refractivity contribution in [2.45, 2.75) is 51.6 Å². The number of ether oxygens (including phenoxy) is 2. The summed E-state index contributed by atoms with van der Waals surface area (Å²) < 4.78 is 40.1. The van der Waals surface area contributed by atoms with E-state index in [2.05, 4.69) is 5.32 Å². The van der Waals surface area contributed by atoms with Gasteiger partial charge >= 0.3 is 0 Å². The van der Waals surface area contributed by atoms with Crippen molar-refractivity contribution in [3.63, 3.8) is 0 Å². The minimum Gasteiger partial charge on any atom is -0.493 e. The summed E-state index contributed by atoms with van der Waals surface area (Å²) in [6, 6.07) is 16.5. The monoisotopic (exact) mass is 581 g/mol. The standard InChI is InChI=1S/C31H39N3O6S/c1-8-27(31(36)32-5)33(19-24-11-9-21(2)10-12-24)30(35)20-34(25-16-22(3)15-23(4)17-25)41(37,38)26-13-14-28(39-6)29(18-26)40-7/h9-18,27H,8,19-20H2,1-7H3,(H,32,36)/t27-/m1/s1. The van der Waals surface area contributed by atoms with E-state index in [4.69, 9.17) is 9.47 Å². The largest absolute Gasteiger partial charge is 0.493 e. The molecule has 0 saturated heterocycles. The van der Waals surface area contributed by atoms with Gasteiger partial charge in [-0.1, -0.05) is 42.8 Å². The Balaban J connectivity index is 2.13. The Morgan fingerprint density at radius 3 is 2.00 bits per heavy atom. The van der Waals surface area contributed by atoms with Crippen LogP contribution in [0, 0.1) is 20.8 Å². The Labute approximate surface area is 243 Å². The maximum absolute atomic E-state index is 14.2. The van der Waals surface area contributed by atoms with E-state index in [1.54, 1.807) is 12.1 Å². The van der Waals surface area contributed by atoms with Crippen LogP contribution >= 0.6 is 0 Å². The van der Waals surface area contributed by atoms with Crippen LogP contribution in [0.25, 0.3) is 0 Å². The normalized spacial score (nSPS) is 11.9. The smallest absolute Gasteiger partial charge is 0.264 e. The molecular weight excluding hydrogens is 542 g/mol. The Bertz CT molecular complexity index is 1470. The van der Waals surface area contributed by atoms with Gasteiger partial charge in [0, 0.05) is 19.7 Å². The minimum atomic E-state index is -4.26. The maximum atomic E-state index is 14.2. The summed E-state index contributed by atoms with van der Waals surface area (Å²) in [4.78, 5) is 28.3.